The predicted molar refractivity (Wildman–Crippen MR) is 108 cm³/mol. The molecule has 2 amide bonds. The molecule has 2 fully saturated rings. The third-order valence-electron chi connectivity index (χ3n) is 6.43. The number of para-hydroxylation sites is 1. The van der Waals surface area contributed by atoms with E-state index in [1.807, 2.05) is 35.2 Å². The summed E-state index contributed by atoms with van der Waals surface area (Å²) in [4.78, 5) is 32.0. The first-order chi connectivity index (χ1) is 13.7. The van der Waals surface area contributed by atoms with Crippen molar-refractivity contribution < 1.29 is 9.59 Å². The van der Waals surface area contributed by atoms with Gasteiger partial charge in [-0.05, 0) is 29.7 Å². The minimum absolute atomic E-state index is 0.0474. The number of carbonyl (C=O) groups is 2. The number of anilines is 1. The molecule has 28 heavy (non-hydrogen) atoms. The number of rotatable bonds is 2. The van der Waals surface area contributed by atoms with Crippen molar-refractivity contribution in [2.45, 2.75) is 18.9 Å². The molecule has 144 valence electrons. The molecule has 2 unspecified atom stereocenters. The summed E-state index contributed by atoms with van der Waals surface area (Å²) in [5.74, 6) is -0.0567. The number of fused-ring (bicyclic) bond motifs is 3. The number of hydrogen-bond acceptors (Lipinski definition) is 3. The first-order valence-electron chi connectivity index (χ1n) is 10.2. The maximum atomic E-state index is 13.2. The lowest BCUT2D eigenvalue weighted by Crippen LogP contribution is -2.53. The van der Waals surface area contributed by atoms with Gasteiger partial charge in [-0.3, -0.25) is 14.5 Å². The van der Waals surface area contributed by atoms with E-state index >= 15 is 0 Å². The van der Waals surface area contributed by atoms with Gasteiger partial charge in [-0.1, -0.05) is 42.5 Å². The van der Waals surface area contributed by atoms with E-state index in [-0.39, 0.29) is 23.8 Å². The van der Waals surface area contributed by atoms with Crippen molar-refractivity contribution in [3.05, 3.63) is 65.7 Å². The largest absolute Gasteiger partial charge is 0.339 e. The summed E-state index contributed by atoms with van der Waals surface area (Å²) in [7, 11) is 0. The minimum Gasteiger partial charge on any atom is -0.339 e. The topological polar surface area (TPSA) is 43.9 Å². The molecular weight excluding hydrogens is 350 g/mol. The van der Waals surface area contributed by atoms with Gasteiger partial charge in [0.2, 0.25) is 11.8 Å². The van der Waals surface area contributed by atoms with Crippen LogP contribution in [0.3, 0.4) is 0 Å². The molecule has 0 N–H and O–H groups in total. The molecule has 5 heteroatoms. The molecule has 3 heterocycles. The Morgan fingerprint density at radius 2 is 1.68 bits per heavy atom. The Balaban J connectivity index is 1.31. The van der Waals surface area contributed by atoms with Crippen LogP contribution in [0.5, 0.6) is 0 Å². The van der Waals surface area contributed by atoms with Crippen LogP contribution in [0.2, 0.25) is 0 Å². The van der Waals surface area contributed by atoms with E-state index in [0.29, 0.717) is 13.0 Å². The maximum Gasteiger partial charge on any atom is 0.228 e. The van der Waals surface area contributed by atoms with Gasteiger partial charge < -0.3 is 9.80 Å². The quantitative estimate of drug-likeness (QED) is 0.810. The van der Waals surface area contributed by atoms with Crippen LogP contribution in [0.15, 0.2) is 54.6 Å². The molecule has 2 saturated heterocycles. The zero-order valence-electron chi connectivity index (χ0n) is 16.0. The van der Waals surface area contributed by atoms with E-state index in [9.17, 15) is 9.59 Å². The van der Waals surface area contributed by atoms with Crippen molar-refractivity contribution in [1.29, 1.82) is 0 Å². The van der Waals surface area contributed by atoms with Crippen LogP contribution in [0.1, 0.15) is 23.6 Å². The number of nitrogens with zero attached hydrogens (tertiary/aromatic N) is 3. The highest BCUT2D eigenvalue weighted by Gasteiger charge is 2.40. The number of amides is 2. The van der Waals surface area contributed by atoms with Gasteiger partial charge in [-0.15, -0.1) is 0 Å². The van der Waals surface area contributed by atoms with Gasteiger partial charge in [-0.2, -0.15) is 0 Å². The van der Waals surface area contributed by atoms with Crippen LogP contribution >= 0.6 is 0 Å². The van der Waals surface area contributed by atoms with Gasteiger partial charge in [0.05, 0.1) is 12.0 Å². The smallest absolute Gasteiger partial charge is 0.228 e. The molecule has 0 aromatic heterocycles. The molecule has 0 spiro atoms. The molecule has 0 bridgehead atoms. The molecule has 3 aliphatic heterocycles. The van der Waals surface area contributed by atoms with Gasteiger partial charge in [0.15, 0.2) is 0 Å². The summed E-state index contributed by atoms with van der Waals surface area (Å²) >= 11 is 0. The van der Waals surface area contributed by atoms with E-state index in [2.05, 4.69) is 29.2 Å². The standard InChI is InChI=1S/C23H25N3O2/c27-22-14-18(15-26(22)19-7-2-1-3-8-19)23(28)25-13-12-24-11-10-17-6-4-5-9-20(17)21(24)16-25/h1-9,18,21H,10-16H2. The van der Waals surface area contributed by atoms with Crippen molar-refractivity contribution >= 4 is 17.5 Å². The average molecular weight is 375 g/mol. The van der Waals surface area contributed by atoms with Crippen LogP contribution in [-0.4, -0.2) is 54.3 Å². The summed E-state index contributed by atoms with van der Waals surface area (Å²) in [5.41, 5.74) is 3.65. The van der Waals surface area contributed by atoms with Gasteiger partial charge >= 0.3 is 0 Å². The average Bonchev–Trinajstić information content (AvgIpc) is 3.15. The van der Waals surface area contributed by atoms with E-state index in [1.165, 1.54) is 11.1 Å². The molecule has 2 aromatic rings. The van der Waals surface area contributed by atoms with Crippen LogP contribution in [-0.2, 0) is 16.0 Å². The van der Waals surface area contributed by atoms with Crippen molar-refractivity contribution in [3.8, 4) is 0 Å². The summed E-state index contributed by atoms with van der Waals surface area (Å²) in [6.45, 7) is 3.95. The second-order valence-electron chi connectivity index (χ2n) is 8.03. The maximum absolute atomic E-state index is 13.2. The third-order valence-corrected chi connectivity index (χ3v) is 6.43. The van der Waals surface area contributed by atoms with Crippen molar-refractivity contribution in [3.63, 3.8) is 0 Å². The molecular formula is C23H25N3O2. The fraction of sp³-hybridized carbons (Fsp3) is 0.391. The number of carbonyl (C=O) groups excluding carboxylic acids is 2. The SMILES string of the molecule is O=C(C1CC(=O)N(c2ccccc2)C1)N1CCN2CCc3ccccc3C2C1. The molecule has 2 aromatic carbocycles. The van der Waals surface area contributed by atoms with Gasteiger partial charge in [0.25, 0.3) is 0 Å². The Kier molecular flexibility index (Phi) is 4.40. The monoisotopic (exact) mass is 375 g/mol. The summed E-state index contributed by atoms with van der Waals surface area (Å²) in [6, 6.07) is 18.6. The van der Waals surface area contributed by atoms with Crippen LogP contribution in [0, 0.1) is 5.92 Å². The minimum atomic E-state index is -0.238. The van der Waals surface area contributed by atoms with E-state index in [1.54, 1.807) is 4.90 Å². The van der Waals surface area contributed by atoms with E-state index in [4.69, 9.17) is 0 Å². The zero-order valence-corrected chi connectivity index (χ0v) is 16.0. The molecule has 5 nitrogen and oxygen atoms in total. The number of piperazine rings is 1. The zero-order chi connectivity index (χ0) is 19.1. The summed E-state index contributed by atoms with van der Waals surface area (Å²) in [5, 5.41) is 0. The van der Waals surface area contributed by atoms with Gasteiger partial charge in [0.1, 0.15) is 0 Å². The van der Waals surface area contributed by atoms with Gasteiger partial charge in [0, 0.05) is 44.8 Å². The van der Waals surface area contributed by atoms with Crippen LogP contribution < -0.4 is 4.90 Å². The second kappa shape index (κ2) is 7.06. The van der Waals surface area contributed by atoms with E-state index < -0.39 is 0 Å². The van der Waals surface area contributed by atoms with Crippen LogP contribution in [0.25, 0.3) is 0 Å². The fourth-order valence-corrected chi connectivity index (χ4v) is 4.92. The first-order valence-corrected chi connectivity index (χ1v) is 10.2. The Bertz CT molecular complexity index is 898. The van der Waals surface area contributed by atoms with Crippen molar-refractivity contribution in [1.82, 2.24) is 9.80 Å². The van der Waals surface area contributed by atoms with Crippen LogP contribution in [0.4, 0.5) is 5.69 Å². The highest BCUT2D eigenvalue weighted by atomic mass is 16.2. The highest BCUT2D eigenvalue weighted by molar-refractivity contribution is 6.00. The molecule has 3 aliphatic rings. The van der Waals surface area contributed by atoms with Gasteiger partial charge in [-0.25, -0.2) is 0 Å². The predicted octanol–water partition coefficient (Wildman–Crippen LogP) is 2.48. The highest BCUT2D eigenvalue weighted by Crippen LogP contribution is 2.34. The molecule has 2 atom stereocenters. The van der Waals surface area contributed by atoms with E-state index in [0.717, 1.165) is 38.3 Å². The Labute approximate surface area is 165 Å². The lowest BCUT2D eigenvalue weighted by atomic mass is 9.90. The normalized spacial score (nSPS) is 24.8. The van der Waals surface area contributed by atoms with Crippen molar-refractivity contribution in [2.24, 2.45) is 5.92 Å². The fourth-order valence-electron chi connectivity index (χ4n) is 4.92. The molecule has 0 saturated carbocycles. The third kappa shape index (κ3) is 3.00. The number of hydrogen-bond donors (Lipinski definition) is 0. The first kappa shape index (κ1) is 17.4. The molecule has 0 aliphatic carbocycles. The Morgan fingerprint density at radius 1 is 0.893 bits per heavy atom. The Morgan fingerprint density at radius 3 is 2.54 bits per heavy atom. The summed E-state index contributed by atoms with van der Waals surface area (Å²) in [6.07, 6.45) is 1.40. The lowest BCUT2D eigenvalue weighted by molar-refractivity contribution is -0.139. The molecule has 0 radical (unpaired) electrons. The summed E-state index contributed by atoms with van der Waals surface area (Å²) < 4.78 is 0. The lowest BCUT2D eigenvalue weighted by Gasteiger charge is -2.45. The second-order valence-corrected chi connectivity index (χ2v) is 8.03. The Hall–Kier alpha value is -2.66. The van der Waals surface area contributed by atoms with Crippen molar-refractivity contribution in [2.75, 3.05) is 37.6 Å². The number of benzene rings is 2. The molecule has 5 rings (SSSR count).